The van der Waals surface area contributed by atoms with Crippen LogP contribution in [0.2, 0.25) is 0 Å². The lowest BCUT2D eigenvalue weighted by molar-refractivity contribution is -0.147. The average Bonchev–Trinajstić information content (AvgIpc) is 2.64. The zero-order chi connectivity index (χ0) is 21.0. The number of hydrogen-bond donors (Lipinski definition) is 2. The van der Waals surface area contributed by atoms with E-state index in [-0.39, 0.29) is 31.4 Å². The van der Waals surface area contributed by atoms with Crippen LogP contribution in [0.15, 0.2) is 0 Å². The third-order valence-corrected chi connectivity index (χ3v) is 3.64. The van der Waals surface area contributed by atoms with Crippen molar-refractivity contribution in [3.05, 3.63) is 0 Å². The van der Waals surface area contributed by atoms with Gasteiger partial charge in [0.15, 0.2) is 0 Å². The molecule has 9 nitrogen and oxygen atoms in total. The first-order chi connectivity index (χ1) is 13.5. The first kappa shape index (κ1) is 25.6. The lowest BCUT2D eigenvalue weighted by Crippen LogP contribution is -2.34. The summed E-state index contributed by atoms with van der Waals surface area (Å²) >= 11 is 0. The van der Waals surface area contributed by atoms with Gasteiger partial charge in [-0.15, -0.1) is 0 Å². The van der Waals surface area contributed by atoms with Crippen molar-refractivity contribution in [2.24, 2.45) is 0 Å². The summed E-state index contributed by atoms with van der Waals surface area (Å²) in [5.41, 5.74) is 0. The Morgan fingerprint density at radius 3 is 2.04 bits per heavy atom. The third-order valence-electron chi connectivity index (χ3n) is 3.64. The van der Waals surface area contributed by atoms with Crippen molar-refractivity contribution in [3.8, 4) is 0 Å². The first-order valence-corrected chi connectivity index (χ1v) is 9.71. The monoisotopic (exact) mass is 400 g/mol. The van der Waals surface area contributed by atoms with Gasteiger partial charge < -0.3 is 24.9 Å². The van der Waals surface area contributed by atoms with Gasteiger partial charge in [0.25, 0.3) is 0 Å². The molecule has 0 aliphatic heterocycles. The Balaban J connectivity index is 3.47. The average molecular weight is 400 g/mol. The van der Waals surface area contributed by atoms with Crippen LogP contribution in [0.4, 0.5) is 0 Å². The molecule has 2 N–H and O–H groups in total. The number of carbonyl (C=O) groups is 5. The predicted molar refractivity (Wildman–Crippen MR) is 101 cm³/mol. The van der Waals surface area contributed by atoms with Gasteiger partial charge in [-0.25, -0.2) is 0 Å². The van der Waals surface area contributed by atoms with Gasteiger partial charge in [-0.2, -0.15) is 0 Å². The molecule has 0 radical (unpaired) electrons. The van der Waals surface area contributed by atoms with E-state index in [1.54, 1.807) is 0 Å². The Kier molecular flexibility index (Phi) is 16.4. The van der Waals surface area contributed by atoms with Gasteiger partial charge >= 0.3 is 11.9 Å². The number of aldehydes is 1. The summed E-state index contributed by atoms with van der Waals surface area (Å²) in [6.07, 6.45) is 5.79. The molecule has 0 heterocycles. The topological polar surface area (TPSA) is 128 Å². The molecular formula is C19H32N2O7. The van der Waals surface area contributed by atoms with Crippen molar-refractivity contribution >= 4 is 30.0 Å². The molecule has 9 heteroatoms. The number of nitrogens with one attached hydrogen (secondary N) is 2. The van der Waals surface area contributed by atoms with Gasteiger partial charge in [0, 0.05) is 32.9 Å². The van der Waals surface area contributed by atoms with Crippen molar-refractivity contribution < 1.29 is 33.4 Å². The summed E-state index contributed by atoms with van der Waals surface area (Å²) in [6.45, 7) is 2.51. The fraction of sp³-hybridized carbons (Fsp3) is 0.737. The fourth-order valence-electron chi connectivity index (χ4n) is 2.18. The summed E-state index contributed by atoms with van der Waals surface area (Å²) in [4.78, 5) is 55.3. The summed E-state index contributed by atoms with van der Waals surface area (Å²) in [5.74, 6) is -1.49. The quantitative estimate of drug-likeness (QED) is 0.162. The van der Waals surface area contributed by atoms with E-state index in [1.807, 2.05) is 0 Å². The van der Waals surface area contributed by atoms with Crippen molar-refractivity contribution in [2.75, 3.05) is 26.3 Å². The number of esters is 2. The van der Waals surface area contributed by atoms with Crippen LogP contribution in [-0.4, -0.2) is 56.3 Å². The molecule has 2 amide bonds. The molecule has 0 aromatic carbocycles. The highest BCUT2D eigenvalue weighted by molar-refractivity contribution is 5.94. The maximum Gasteiger partial charge on any atom is 0.315 e. The van der Waals surface area contributed by atoms with Gasteiger partial charge in [-0.1, -0.05) is 0 Å². The highest BCUT2D eigenvalue weighted by Gasteiger charge is 2.10. The number of carbonyl (C=O) groups excluding carboxylic acids is 5. The van der Waals surface area contributed by atoms with Gasteiger partial charge in [0.05, 0.1) is 13.2 Å². The second-order valence-electron chi connectivity index (χ2n) is 6.28. The van der Waals surface area contributed by atoms with E-state index in [2.05, 4.69) is 10.6 Å². The molecule has 0 fully saturated rings. The molecule has 160 valence electrons. The molecule has 0 saturated heterocycles. The fourth-order valence-corrected chi connectivity index (χ4v) is 2.18. The number of unbranched alkanes of at least 4 members (excludes halogenated alkanes) is 5. The summed E-state index contributed by atoms with van der Waals surface area (Å²) < 4.78 is 10.0. The molecular weight excluding hydrogens is 368 g/mol. The SMILES string of the molecule is CC(=O)NCCNC(=O)CC(=O)OCCCCCC(=O)OCCCCCC=O. The molecule has 0 unspecified atom stereocenters. The Bertz CT molecular complexity index is 495. The summed E-state index contributed by atoms with van der Waals surface area (Å²) in [5, 5.41) is 5.02. The number of amides is 2. The van der Waals surface area contributed by atoms with Gasteiger partial charge in [-0.3, -0.25) is 19.2 Å². The zero-order valence-corrected chi connectivity index (χ0v) is 16.6. The number of ether oxygens (including phenoxy) is 2. The molecule has 28 heavy (non-hydrogen) atoms. The van der Waals surface area contributed by atoms with E-state index >= 15 is 0 Å². The maximum absolute atomic E-state index is 11.5. The van der Waals surface area contributed by atoms with Crippen molar-refractivity contribution in [1.29, 1.82) is 0 Å². The lowest BCUT2D eigenvalue weighted by Gasteiger charge is -2.07. The molecule has 0 bridgehead atoms. The molecule has 0 rings (SSSR count). The summed E-state index contributed by atoms with van der Waals surface area (Å²) in [6, 6.07) is 0. The molecule has 0 aliphatic rings. The minimum atomic E-state index is -0.606. The first-order valence-electron chi connectivity index (χ1n) is 9.71. The van der Waals surface area contributed by atoms with Gasteiger partial charge in [-0.05, 0) is 38.5 Å². The van der Waals surface area contributed by atoms with Crippen LogP contribution in [0.1, 0.15) is 64.7 Å². The van der Waals surface area contributed by atoms with E-state index < -0.39 is 11.9 Å². The van der Waals surface area contributed by atoms with Crippen LogP contribution in [0, 0.1) is 0 Å². The Morgan fingerprint density at radius 2 is 1.39 bits per heavy atom. The lowest BCUT2D eigenvalue weighted by atomic mass is 10.2. The normalized spacial score (nSPS) is 10.0. The zero-order valence-electron chi connectivity index (χ0n) is 16.6. The molecule has 0 saturated carbocycles. The number of rotatable bonds is 17. The second-order valence-corrected chi connectivity index (χ2v) is 6.28. The smallest absolute Gasteiger partial charge is 0.315 e. The Labute approximate surface area is 165 Å². The van der Waals surface area contributed by atoms with E-state index in [4.69, 9.17) is 9.47 Å². The summed E-state index contributed by atoms with van der Waals surface area (Å²) in [7, 11) is 0. The minimum absolute atomic E-state index is 0.187. The van der Waals surface area contributed by atoms with Gasteiger partial charge in [0.1, 0.15) is 12.7 Å². The van der Waals surface area contributed by atoms with Crippen LogP contribution < -0.4 is 10.6 Å². The molecule has 0 aliphatic carbocycles. The van der Waals surface area contributed by atoms with E-state index in [1.165, 1.54) is 6.92 Å². The standard InChI is InChI=1S/C19H32N2O7/c1-16(23)20-10-11-21-17(24)15-19(26)28-14-8-4-5-9-18(25)27-13-7-3-2-6-12-22/h12H,2-11,13-15H2,1H3,(H,20,23)(H,21,24). The Hall–Kier alpha value is -2.45. The largest absolute Gasteiger partial charge is 0.466 e. The third kappa shape index (κ3) is 18.3. The van der Waals surface area contributed by atoms with E-state index in [9.17, 15) is 24.0 Å². The van der Waals surface area contributed by atoms with Crippen LogP contribution in [0.5, 0.6) is 0 Å². The van der Waals surface area contributed by atoms with Crippen LogP contribution in [-0.2, 0) is 33.4 Å². The van der Waals surface area contributed by atoms with Crippen molar-refractivity contribution in [1.82, 2.24) is 10.6 Å². The molecule has 0 atom stereocenters. The predicted octanol–water partition coefficient (Wildman–Crippen LogP) is 1.03. The number of hydrogen-bond acceptors (Lipinski definition) is 7. The minimum Gasteiger partial charge on any atom is -0.466 e. The van der Waals surface area contributed by atoms with Crippen molar-refractivity contribution in [2.45, 2.75) is 64.7 Å². The van der Waals surface area contributed by atoms with Gasteiger partial charge in [0.2, 0.25) is 11.8 Å². The van der Waals surface area contributed by atoms with Crippen LogP contribution in [0.3, 0.4) is 0 Å². The van der Waals surface area contributed by atoms with Crippen LogP contribution in [0.25, 0.3) is 0 Å². The molecule has 0 aromatic rings. The maximum atomic E-state index is 11.5. The van der Waals surface area contributed by atoms with E-state index in [0.29, 0.717) is 45.3 Å². The highest BCUT2D eigenvalue weighted by atomic mass is 16.5. The molecule has 0 aromatic heterocycles. The molecule has 0 spiro atoms. The Morgan fingerprint density at radius 1 is 0.786 bits per heavy atom. The second kappa shape index (κ2) is 17.9. The van der Waals surface area contributed by atoms with Crippen molar-refractivity contribution in [3.63, 3.8) is 0 Å². The van der Waals surface area contributed by atoms with E-state index in [0.717, 1.165) is 25.5 Å². The van der Waals surface area contributed by atoms with Crippen LogP contribution >= 0.6 is 0 Å². The highest BCUT2D eigenvalue weighted by Crippen LogP contribution is 2.04.